The largest absolute Gasteiger partial charge is 0.356 e. The molecule has 1 fully saturated rings. The summed E-state index contributed by atoms with van der Waals surface area (Å²) in [6.07, 6.45) is 7.43. The number of nitrogens with one attached hydrogen (secondary N) is 2. The van der Waals surface area contributed by atoms with Crippen LogP contribution in [0.15, 0.2) is 65.2 Å². The van der Waals surface area contributed by atoms with Gasteiger partial charge in [-0.15, -0.1) is 35.3 Å². The second-order valence-corrected chi connectivity index (χ2v) is 9.08. The molecular formula is C24H33IN6S. The smallest absolute Gasteiger partial charge is 0.190 e. The number of aromatic nitrogens is 2. The highest BCUT2D eigenvalue weighted by Gasteiger charge is 2.31. The zero-order valence-electron chi connectivity index (χ0n) is 18.8. The van der Waals surface area contributed by atoms with Gasteiger partial charge in [-0.25, -0.2) is 4.68 Å². The number of para-hydroxylation sites is 1. The highest BCUT2D eigenvalue weighted by molar-refractivity contribution is 14.0. The molecule has 0 radical (unpaired) electrons. The Bertz CT molecular complexity index is 956. The van der Waals surface area contributed by atoms with Crippen molar-refractivity contribution in [1.82, 2.24) is 25.3 Å². The predicted molar refractivity (Wildman–Crippen MR) is 144 cm³/mol. The molecule has 1 aliphatic rings. The van der Waals surface area contributed by atoms with E-state index in [0.717, 1.165) is 31.2 Å². The minimum Gasteiger partial charge on any atom is -0.356 e. The fourth-order valence-corrected chi connectivity index (χ4v) is 5.35. The Morgan fingerprint density at radius 3 is 2.78 bits per heavy atom. The summed E-state index contributed by atoms with van der Waals surface area (Å²) in [6, 6.07) is 15.1. The van der Waals surface area contributed by atoms with Crippen LogP contribution in [0.5, 0.6) is 0 Å². The molecule has 32 heavy (non-hydrogen) atoms. The van der Waals surface area contributed by atoms with E-state index in [1.807, 2.05) is 47.5 Å². The first-order valence-electron chi connectivity index (χ1n) is 11.0. The Kier molecular flexibility index (Phi) is 9.55. The van der Waals surface area contributed by atoms with E-state index >= 15 is 0 Å². The van der Waals surface area contributed by atoms with Crippen LogP contribution in [0.25, 0.3) is 5.69 Å². The number of likely N-dealkylation sites (tertiary alicyclic amines) is 1. The van der Waals surface area contributed by atoms with Gasteiger partial charge in [-0.3, -0.25) is 9.89 Å². The van der Waals surface area contributed by atoms with Crippen LogP contribution in [0.4, 0.5) is 0 Å². The van der Waals surface area contributed by atoms with Crippen molar-refractivity contribution < 1.29 is 0 Å². The lowest BCUT2D eigenvalue weighted by atomic mass is 9.88. The van der Waals surface area contributed by atoms with Crippen LogP contribution < -0.4 is 10.6 Å². The minimum absolute atomic E-state index is 0. The summed E-state index contributed by atoms with van der Waals surface area (Å²) >= 11 is 1.87. The Hall–Kier alpha value is -1.91. The third-order valence-corrected chi connectivity index (χ3v) is 6.90. The molecule has 0 aliphatic carbocycles. The molecule has 2 N–H and O–H groups in total. The molecule has 2 aromatic heterocycles. The van der Waals surface area contributed by atoms with Crippen molar-refractivity contribution in [3.8, 4) is 5.69 Å². The molecular weight excluding hydrogens is 531 g/mol. The molecule has 2 unspecified atom stereocenters. The van der Waals surface area contributed by atoms with E-state index in [0.29, 0.717) is 12.0 Å². The van der Waals surface area contributed by atoms with Gasteiger partial charge < -0.3 is 10.6 Å². The van der Waals surface area contributed by atoms with Gasteiger partial charge in [0, 0.05) is 37.3 Å². The Morgan fingerprint density at radius 1 is 1.19 bits per heavy atom. The third-order valence-electron chi connectivity index (χ3n) is 5.96. The molecule has 1 aliphatic heterocycles. The number of thiophene rings is 1. The molecule has 6 nitrogen and oxygen atoms in total. The van der Waals surface area contributed by atoms with E-state index in [9.17, 15) is 0 Å². The Morgan fingerprint density at radius 2 is 2.03 bits per heavy atom. The lowest BCUT2D eigenvalue weighted by molar-refractivity contribution is 0.125. The van der Waals surface area contributed by atoms with Crippen LogP contribution in [0.2, 0.25) is 0 Å². The van der Waals surface area contributed by atoms with E-state index < -0.39 is 0 Å². The van der Waals surface area contributed by atoms with Crippen molar-refractivity contribution in [3.63, 3.8) is 0 Å². The van der Waals surface area contributed by atoms with Crippen molar-refractivity contribution in [2.75, 3.05) is 33.7 Å². The predicted octanol–water partition coefficient (Wildman–Crippen LogP) is 4.34. The molecule has 2 atom stereocenters. The van der Waals surface area contributed by atoms with Gasteiger partial charge in [-0.1, -0.05) is 24.3 Å². The monoisotopic (exact) mass is 564 g/mol. The van der Waals surface area contributed by atoms with Gasteiger partial charge in [0.2, 0.25) is 0 Å². The summed E-state index contributed by atoms with van der Waals surface area (Å²) in [7, 11) is 4.09. The zero-order chi connectivity index (χ0) is 21.5. The van der Waals surface area contributed by atoms with Gasteiger partial charge in [-0.05, 0) is 67.9 Å². The molecule has 0 bridgehead atoms. The van der Waals surface area contributed by atoms with E-state index in [1.165, 1.54) is 29.8 Å². The van der Waals surface area contributed by atoms with Crippen molar-refractivity contribution in [1.29, 1.82) is 0 Å². The van der Waals surface area contributed by atoms with Crippen molar-refractivity contribution in [2.24, 2.45) is 10.9 Å². The molecule has 172 valence electrons. The number of halogens is 1. The highest BCUT2D eigenvalue weighted by atomic mass is 127. The number of piperidine rings is 1. The van der Waals surface area contributed by atoms with Gasteiger partial charge in [0.1, 0.15) is 0 Å². The van der Waals surface area contributed by atoms with Crippen molar-refractivity contribution in [3.05, 3.63) is 70.7 Å². The summed E-state index contributed by atoms with van der Waals surface area (Å²) in [5, 5.41) is 13.7. The summed E-state index contributed by atoms with van der Waals surface area (Å²) < 4.78 is 1.92. The zero-order valence-corrected chi connectivity index (χ0v) is 21.9. The fraction of sp³-hybridized carbons (Fsp3) is 0.417. The van der Waals surface area contributed by atoms with E-state index in [2.05, 4.69) is 68.5 Å². The molecule has 3 heterocycles. The van der Waals surface area contributed by atoms with Crippen molar-refractivity contribution >= 4 is 41.3 Å². The maximum Gasteiger partial charge on any atom is 0.190 e. The molecule has 1 aromatic carbocycles. The molecule has 0 spiro atoms. The number of nitrogens with zero attached hydrogens (tertiary/aromatic N) is 4. The topological polar surface area (TPSA) is 57.5 Å². The lowest BCUT2D eigenvalue weighted by Gasteiger charge is -2.39. The molecule has 3 aromatic rings. The first-order valence-corrected chi connectivity index (χ1v) is 11.9. The summed E-state index contributed by atoms with van der Waals surface area (Å²) in [5.74, 6) is 1.45. The average molecular weight is 565 g/mol. The van der Waals surface area contributed by atoms with Gasteiger partial charge in [0.05, 0.1) is 11.9 Å². The van der Waals surface area contributed by atoms with Crippen LogP contribution in [-0.4, -0.2) is 54.4 Å². The van der Waals surface area contributed by atoms with Crippen LogP contribution in [-0.2, 0) is 6.42 Å². The van der Waals surface area contributed by atoms with Gasteiger partial charge >= 0.3 is 0 Å². The Labute approximate surface area is 212 Å². The number of rotatable bonds is 7. The molecule has 8 heteroatoms. The summed E-state index contributed by atoms with van der Waals surface area (Å²) in [5.41, 5.74) is 2.29. The second-order valence-electron chi connectivity index (χ2n) is 8.10. The average Bonchev–Trinajstić information content (AvgIpc) is 3.49. The van der Waals surface area contributed by atoms with Crippen molar-refractivity contribution in [2.45, 2.75) is 25.3 Å². The number of hydrogen-bond acceptors (Lipinski definition) is 4. The van der Waals surface area contributed by atoms with E-state index in [4.69, 9.17) is 0 Å². The summed E-state index contributed by atoms with van der Waals surface area (Å²) in [6.45, 7) is 2.92. The quantitative estimate of drug-likeness (QED) is 0.255. The number of aliphatic imine (C=N–C) groups is 1. The van der Waals surface area contributed by atoms with Gasteiger partial charge in [0.15, 0.2) is 5.96 Å². The first-order chi connectivity index (χ1) is 15.2. The third kappa shape index (κ3) is 6.32. The van der Waals surface area contributed by atoms with E-state index in [1.54, 1.807) is 0 Å². The molecule has 0 amide bonds. The van der Waals surface area contributed by atoms with Crippen LogP contribution in [0.3, 0.4) is 0 Å². The Balaban J connectivity index is 0.00000289. The maximum absolute atomic E-state index is 4.48. The highest BCUT2D eigenvalue weighted by Crippen LogP contribution is 2.36. The number of hydrogen-bond donors (Lipinski definition) is 2. The van der Waals surface area contributed by atoms with Gasteiger partial charge in [0.25, 0.3) is 0 Å². The number of guanidine groups is 1. The summed E-state index contributed by atoms with van der Waals surface area (Å²) in [4.78, 5) is 8.39. The van der Waals surface area contributed by atoms with Crippen LogP contribution in [0.1, 0.15) is 29.3 Å². The second kappa shape index (κ2) is 12.4. The molecule has 4 rings (SSSR count). The lowest BCUT2D eigenvalue weighted by Crippen LogP contribution is -2.45. The van der Waals surface area contributed by atoms with Crippen LogP contribution >= 0.6 is 35.3 Å². The van der Waals surface area contributed by atoms with Gasteiger partial charge in [-0.2, -0.15) is 5.10 Å². The SMILES string of the molecule is CN=C(NCCc1cnn(-c2ccccc2)c1)NCC1CCCN(C)C1c1cccs1.I. The number of benzene rings is 1. The first kappa shape index (κ1) is 24.7. The molecule has 1 saturated heterocycles. The standard InChI is InChI=1S/C24H32N6S.HI/c1-25-24(26-13-12-19-16-28-30(18-19)21-9-4-3-5-10-21)27-17-20-8-6-14-29(2)23(20)22-11-7-15-31-22;/h3-5,7,9-11,15-16,18,20,23H,6,8,12-14,17H2,1-2H3,(H2,25,26,27);1H. The van der Waals surface area contributed by atoms with Crippen LogP contribution in [0, 0.1) is 5.92 Å². The minimum atomic E-state index is 0. The maximum atomic E-state index is 4.48. The van der Waals surface area contributed by atoms with E-state index in [-0.39, 0.29) is 24.0 Å². The molecule has 0 saturated carbocycles. The normalized spacial score (nSPS) is 19.4. The fourth-order valence-electron chi connectivity index (χ4n) is 4.37.